The molecule has 6 aromatic rings. The number of imidazole rings is 2. The molecule has 2 fully saturated rings. The van der Waals surface area contributed by atoms with Gasteiger partial charge in [0.1, 0.15) is 18.3 Å². The minimum Gasteiger partial charge on any atom is -0.756 e. The first-order valence-corrected chi connectivity index (χ1v) is 14.6. The van der Waals surface area contributed by atoms with Crippen LogP contribution in [-0.2, 0) is 18.3 Å². The molecule has 2 N–H and O–H groups in total. The molecular weight excluding hydrogens is 605 g/mol. The summed E-state index contributed by atoms with van der Waals surface area (Å²) in [6.45, 7) is -0.302. The summed E-state index contributed by atoms with van der Waals surface area (Å²) < 4.78 is 30.4. The zero-order valence-corrected chi connectivity index (χ0v) is 22.8. The number of phosphoric ester groups is 1. The highest BCUT2D eigenvalue weighted by Gasteiger charge is 2.51. The Labute approximate surface area is 232 Å². The summed E-state index contributed by atoms with van der Waals surface area (Å²) in [6.07, 6.45) is -2.85. The number of halogens is 1. The van der Waals surface area contributed by atoms with Crippen LogP contribution in [0.4, 0.5) is 0 Å². The maximum Gasteiger partial charge on any atom is 0.287 e. The molecule has 3 aromatic carbocycles. The first-order chi connectivity index (χ1) is 19.3. The Balaban J connectivity index is 1.29. The van der Waals surface area contributed by atoms with Gasteiger partial charge in [0.15, 0.2) is 22.1 Å². The van der Waals surface area contributed by atoms with Crippen molar-refractivity contribution in [2.24, 2.45) is 0 Å². The van der Waals surface area contributed by atoms with Crippen molar-refractivity contribution in [2.75, 3.05) is 6.61 Å². The van der Waals surface area contributed by atoms with Gasteiger partial charge in [-0.3, -0.25) is 13.9 Å². The highest BCUT2D eigenvalue weighted by molar-refractivity contribution is 9.10. The van der Waals surface area contributed by atoms with Crippen molar-refractivity contribution in [3.8, 4) is 11.3 Å². The van der Waals surface area contributed by atoms with Gasteiger partial charge in [-0.15, -0.1) is 0 Å². The predicted octanol–water partition coefficient (Wildman–Crippen LogP) is 3.25. The van der Waals surface area contributed by atoms with Crippen LogP contribution in [-0.4, -0.2) is 53.9 Å². The summed E-state index contributed by atoms with van der Waals surface area (Å²) in [6, 6.07) is 18.2. The monoisotopic (exact) mass is 622 g/mol. The number of aromatic nitrogens is 5. The van der Waals surface area contributed by atoms with Crippen molar-refractivity contribution < 1.29 is 28.3 Å². The maximum absolute atomic E-state index is 13.6. The van der Waals surface area contributed by atoms with Crippen LogP contribution < -0.4 is 10.5 Å². The van der Waals surface area contributed by atoms with Crippen molar-refractivity contribution in [1.29, 1.82) is 0 Å². The fraction of sp³-hybridized carbons (Fsp3) is 0.192. The number of aromatic amines is 1. The Morgan fingerprint density at radius 1 is 1.10 bits per heavy atom. The number of phosphoric acid groups is 1. The number of hydrogen-bond acceptors (Lipinski definition) is 9. The summed E-state index contributed by atoms with van der Waals surface area (Å²) in [5.41, 5.74) is 1.34. The van der Waals surface area contributed by atoms with E-state index in [1.165, 1.54) is 8.97 Å². The third-order valence-corrected chi connectivity index (χ3v) is 9.01. The van der Waals surface area contributed by atoms with Gasteiger partial charge in [-0.25, -0.2) is 9.38 Å². The van der Waals surface area contributed by atoms with E-state index in [1.807, 2.05) is 36.4 Å². The number of hydrogen-bond donors (Lipinski definition) is 2. The number of nitrogens with zero attached hydrogens (tertiary/aromatic N) is 4. The number of nitrogens with one attached hydrogen (secondary N) is 1. The minimum absolute atomic E-state index is 0.0376. The molecule has 8 rings (SSSR count). The second-order valence-electron chi connectivity index (χ2n) is 9.76. The minimum atomic E-state index is -4.56. The third-order valence-electron chi connectivity index (χ3n) is 7.48. The lowest BCUT2D eigenvalue weighted by atomic mass is 9.96. The van der Waals surface area contributed by atoms with Gasteiger partial charge >= 0.3 is 0 Å². The van der Waals surface area contributed by atoms with E-state index in [0.29, 0.717) is 5.69 Å². The van der Waals surface area contributed by atoms with E-state index in [4.69, 9.17) is 13.8 Å². The predicted molar refractivity (Wildman–Crippen MR) is 146 cm³/mol. The number of rotatable bonds is 2. The molecule has 0 amide bonds. The number of aliphatic hydroxyl groups is 1. The molecule has 3 unspecified atom stereocenters. The van der Waals surface area contributed by atoms with E-state index in [-0.39, 0.29) is 28.3 Å². The normalized spacial score (nSPS) is 26.8. The highest BCUT2D eigenvalue weighted by atomic mass is 79.9. The van der Waals surface area contributed by atoms with Gasteiger partial charge in [-0.05, 0) is 43.5 Å². The van der Waals surface area contributed by atoms with Crippen LogP contribution >= 0.6 is 23.8 Å². The maximum atomic E-state index is 13.6. The van der Waals surface area contributed by atoms with Crippen LogP contribution in [0, 0.1) is 0 Å². The number of H-pyrrole nitrogens is 1. The van der Waals surface area contributed by atoms with Crippen molar-refractivity contribution in [3.05, 3.63) is 75.9 Å². The van der Waals surface area contributed by atoms with Crippen molar-refractivity contribution in [1.82, 2.24) is 23.9 Å². The first-order valence-electron chi connectivity index (χ1n) is 12.4. The van der Waals surface area contributed by atoms with E-state index in [1.54, 1.807) is 6.20 Å². The summed E-state index contributed by atoms with van der Waals surface area (Å²) in [5.74, 6) is 0.256. The molecule has 0 radical (unpaired) electrons. The summed E-state index contributed by atoms with van der Waals surface area (Å²) in [4.78, 5) is 37.7. The molecule has 3 aromatic heterocycles. The Hall–Kier alpha value is -3.42. The van der Waals surface area contributed by atoms with E-state index in [2.05, 4.69) is 49.1 Å². The van der Waals surface area contributed by atoms with Gasteiger partial charge in [-0.1, -0.05) is 48.5 Å². The average molecular weight is 623 g/mol. The quantitative estimate of drug-likeness (QED) is 0.168. The number of ether oxygens (including phenoxy) is 1. The highest BCUT2D eigenvalue weighted by Crippen LogP contribution is 2.50. The van der Waals surface area contributed by atoms with Gasteiger partial charge in [0, 0.05) is 11.8 Å². The zero-order valence-electron chi connectivity index (χ0n) is 20.3. The van der Waals surface area contributed by atoms with Gasteiger partial charge in [0.25, 0.3) is 13.4 Å². The molecule has 5 heterocycles. The molecule has 14 heteroatoms. The van der Waals surface area contributed by atoms with Crippen LogP contribution in [0.1, 0.15) is 6.23 Å². The third kappa shape index (κ3) is 3.50. The zero-order chi connectivity index (χ0) is 27.3. The molecule has 0 bridgehead atoms. The smallest absolute Gasteiger partial charge is 0.287 e. The Morgan fingerprint density at radius 2 is 1.85 bits per heavy atom. The molecule has 0 spiro atoms. The fourth-order valence-electron chi connectivity index (χ4n) is 5.68. The van der Waals surface area contributed by atoms with E-state index in [0.717, 1.165) is 27.1 Å². The molecule has 0 saturated carbocycles. The summed E-state index contributed by atoms with van der Waals surface area (Å²) >= 11 is 3.34. The average Bonchev–Trinajstić information content (AvgIpc) is 3.61. The van der Waals surface area contributed by atoms with Crippen LogP contribution in [0.5, 0.6) is 0 Å². The Bertz CT molecular complexity index is 2120. The van der Waals surface area contributed by atoms with E-state index >= 15 is 0 Å². The van der Waals surface area contributed by atoms with Gasteiger partial charge in [0.05, 0.1) is 12.3 Å². The van der Waals surface area contributed by atoms with Gasteiger partial charge < -0.3 is 28.8 Å². The standard InChI is InChI=1S/C26H19BrN5O7P/c27-25-29-19-22(32(25)24-20(33)21-18(38-24)11-37-40(35,36)39-21)30-26-28-17(10-31(26)23(19)34)16-9-12-5-1-2-6-13(12)14-7-3-4-8-15(14)16/h1-10,18,20-21,24,33H,11H2,(H,28,30)(H,35,36)/p-1/t18?,20?,21-,24-/m1/s1. The van der Waals surface area contributed by atoms with Crippen LogP contribution in [0.15, 0.2) is 70.3 Å². The molecule has 2 saturated heterocycles. The molecule has 202 valence electrons. The number of aliphatic hydroxyl groups excluding tert-OH is 1. The number of fused-ring (bicyclic) bond motifs is 6. The second-order valence-corrected chi connectivity index (χ2v) is 11.8. The lowest BCUT2D eigenvalue weighted by Crippen LogP contribution is -2.41. The molecular formula is C26H18BrN5O7P-. The Kier molecular flexibility index (Phi) is 5.21. The van der Waals surface area contributed by atoms with Gasteiger partial charge in [0.2, 0.25) is 5.78 Å². The van der Waals surface area contributed by atoms with Crippen molar-refractivity contribution in [2.45, 2.75) is 24.5 Å². The lowest BCUT2D eigenvalue weighted by molar-refractivity contribution is -0.245. The van der Waals surface area contributed by atoms with Crippen LogP contribution in [0.3, 0.4) is 0 Å². The fourth-order valence-corrected chi connectivity index (χ4v) is 7.18. The van der Waals surface area contributed by atoms with E-state index < -0.39 is 37.9 Å². The summed E-state index contributed by atoms with van der Waals surface area (Å²) in [7, 11) is -4.56. The molecule has 5 atom stereocenters. The second kappa shape index (κ2) is 8.54. The molecule has 12 nitrogen and oxygen atoms in total. The molecule has 2 aliphatic heterocycles. The van der Waals surface area contributed by atoms with Crippen molar-refractivity contribution in [3.63, 3.8) is 0 Å². The van der Waals surface area contributed by atoms with Gasteiger partial charge in [-0.2, -0.15) is 4.98 Å². The summed E-state index contributed by atoms with van der Waals surface area (Å²) in [5, 5.41) is 15.2. The van der Waals surface area contributed by atoms with E-state index in [9.17, 15) is 19.4 Å². The number of benzene rings is 3. The molecule has 40 heavy (non-hydrogen) atoms. The molecule has 2 aliphatic rings. The topological polar surface area (TPSA) is 156 Å². The Morgan fingerprint density at radius 3 is 2.67 bits per heavy atom. The first kappa shape index (κ1) is 24.4. The molecule has 0 aliphatic carbocycles. The lowest BCUT2D eigenvalue weighted by Gasteiger charge is -2.34. The largest absolute Gasteiger partial charge is 0.756 e. The van der Waals surface area contributed by atoms with Crippen molar-refractivity contribution >= 4 is 62.2 Å². The SMILES string of the molecule is O=c1c2nc(Br)n([C@@H]3OC4COP(=O)([O-])O[C@H]4C3O)c2nc2[nH]c(-c3cc4ccccc4c4ccccc34)cn12. The van der Waals surface area contributed by atoms with Crippen LogP contribution in [0.25, 0.3) is 49.7 Å². The van der Waals surface area contributed by atoms with Crippen LogP contribution in [0.2, 0.25) is 0 Å².